The molecule has 0 aliphatic carbocycles. The summed E-state index contributed by atoms with van der Waals surface area (Å²) < 4.78 is 13.2. The van der Waals surface area contributed by atoms with Crippen LogP contribution in [0.2, 0.25) is 0 Å². The Hall–Kier alpha value is -3.15. The van der Waals surface area contributed by atoms with Crippen LogP contribution in [0.4, 0.5) is 15.8 Å². The number of hydrogen-bond donors (Lipinski definition) is 1. The van der Waals surface area contributed by atoms with Crippen LogP contribution >= 0.6 is 0 Å². The van der Waals surface area contributed by atoms with Crippen molar-refractivity contribution in [3.8, 4) is 0 Å². The molecule has 1 N–H and O–H groups in total. The second-order valence-corrected chi connectivity index (χ2v) is 6.79. The van der Waals surface area contributed by atoms with Crippen molar-refractivity contribution in [2.75, 3.05) is 30.4 Å². The first kappa shape index (κ1) is 17.3. The maximum absolute atomic E-state index is 13.2. The number of nitrogens with one attached hydrogen (secondary N) is 1. The number of hydrogen-bond acceptors (Lipinski definition) is 4. The molecule has 0 bridgehead atoms. The first-order valence-corrected chi connectivity index (χ1v) is 8.99. The van der Waals surface area contributed by atoms with E-state index < -0.39 is 17.6 Å². The lowest BCUT2D eigenvalue weighted by molar-refractivity contribution is -0.135. The van der Waals surface area contributed by atoms with E-state index in [0.29, 0.717) is 5.56 Å². The summed E-state index contributed by atoms with van der Waals surface area (Å²) in [6.45, 7) is 2.12. The Balaban J connectivity index is 1.65. The van der Waals surface area contributed by atoms with Crippen LogP contribution in [0.3, 0.4) is 0 Å². The molecule has 0 atom stereocenters. The highest BCUT2D eigenvalue weighted by atomic mass is 19.1. The minimum absolute atomic E-state index is 0.211. The molecule has 0 aromatic heterocycles. The van der Waals surface area contributed by atoms with E-state index in [-0.39, 0.29) is 11.3 Å². The van der Waals surface area contributed by atoms with Crippen LogP contribution in [0, 0.1) is 5.82 Å². The van der Waals surface area contributed by atoms with Gasteiger partial charge in [-0.05, 0) is 54.8 Å². The van der Waals surface area contributed by atoms with Gasteiger partial charge in [-0.15, -0.1) is 0 Å². The molecule has 5 nitrogen and oxygen atoms in total. The van der Waals surface area contributed by atoms with Gasteiger partial charge in [0.15, 0.2) is 0 Å². The highest BCUT2D eigenvalue weighted by Gasteiger charge is 2.36. The van der Waals surface area contributed by atoms with Gasteiger partial charge >= 0.3 is 0 Å². The summed E-state index contributed by atoms with van der Waals surface area (Å²) in [6.07, 6.45) is 2.41. The molecule has 0 unspecified atom stereocenters. The molecule has 6 heteroatoms. The summed E-state index contributed by atoms with van der Waals surface area (Å²) in [5.74, 6) is -1.19. The highest BCUT2D eigenvalue weighted by molar-refractivity contribution is 6.36. The van der Waals surface area contributed by atoms with Crippen molar-refractivity contribution in [1.29, 1.82) is 0 Å². The minimum Gasteiger partial charge on any atom is -0.372 e. The van der Waals surface area contributed by atoms with Gasteiger partial charge in [0.1, 0.15) is 11.5 Å². The fraction of sp³-hybridized carbons (Fsp3) is 0.238. The standard InChI is InChI=1S/C21H20FN3O2/c1-24-20(26)18(14-4-6-15(22)7-5-14)19(21(24)27)23-16-8-10-17(11-9-16)25-12-2-3-13-25/h4-11,23H,2-3,12-13H2,1H3. The molecule has 0 spiro atoms. The third kappa shape index (κ3) is 3.18. The first-order valence-electron chi connectivity index (χ1n) is 8.99. The number of carbonyl (C=O) groups excluding carboxylic acids is 2. The van der Waals surface area contributed by atoms with E-state index in [4.69, 9.17) is 0 Å². The number of amides is 2. The van der Waals surface area contributed by atoms with Gasteiger partial charge in [0.05, 0.1) is 5.57 Å². The molecule has 2 aromatic carbocycles. The van der Waals surface area contributed by atoms with Crippen molar-refractivity contribution < 1.29 is 14.0 Å². The van der Waals surface area contributed by atoms with Crippen molar-refractivity contribution in [2.24, 2.45) is 0 Å². The number of likely N-dealkylation sites (N-methyl/N-ethyl adjacent to an activating group) is 1. The monoisotopic (exact) mass is 365 g/mol. The SMILES string of the molecule is CN1C(=O)C(Nc2ccc(N3CCCC3)cc2)=C(c2ccc(F)cc2)C1=O. The molecular formula is C21H20FN3O2. The van der Waals surface area contributed by atoms with E-state index in [2.05, 4.69) is 10.2 Å². The lowest BCUT2D eigenvalue weighted by atomic mass is 10.0. The molecule has 2 amide bonds. The van der Waals surface area contributed by atoms with Crippen LogP contribution in [-0.4, -0.2) is 36.9 Å². The van der Waals surface area contributed by atoms with E-state index in [9.17, 15) is 14.0 Å². The average Bonchev–Trinajstić information content (AvgIpc) is 3.28. The van der Waals surface area contributed by atoms with Gasteiger partial charge in [-0.1, -0.05) is 12.1 Å². The lowest BCUT2D eigenvalue weighted by Gasteiger charge is -2.18. The lowest BCUT2D eigenvalue weighted by Crippen LogP contribution is -2.27. The Kier molecular flexibility index (Phi) is 4.39. The maximum Gasteiger partial charge on any atom is 0.277 e. The Morgan fingerprint density at radius 3 is 2.15 bits per heavy atom. The summed E-state index contributed by atoms with van der Waals surface area (Å²) in [7, 11) is 1.44. The zero-order chi connectivity index (χ0) is 19.0. The number of carbonyl (C=O) groups is 2. The average molecular weight is 365 g/mol. The summed E-state index contributed by atoms with van der Waals surface area (Å²) >= 11 is 0. The van der Waals surface area contributed by atoms with Crippen LogP contribution in [0.25, 0.3) is 5.57 Å². The third-order valence-corrected chi connectivity index (χ3v) is 5.03. The number of halogens is 1. The fourth-order valence-corrected chi connectivity index (χ4v) is 3.52. The van der Waals surface area contributed by atoms with Crippen molar-refractivity contribution >= 4 is 28.8 Å². The first-order chi connectivity index (χ1) is 13.0. The van der Waals surface area contributed by atoms with Gasteiger partial charge in [-0.3, -0.25) is 14.5 Å². The number of rotatable bonds is 4. The molecule has 0 saturated carbocycles. The molecular weight excluding hydrogens is 345 g/mol. The van der Waals surface area contributed by atoms with Crippen molar-refractivity contribution in [1.82, 2.24) is 4.90 Å². The molecule has 1 saturated heterocycles. The van der Waals surface area contributed by atoms with E-state index in [1.54, 1.807) is 0 Å². The maximum atomic E-state index is 13.2. The number of anilines is 2. The van der Waals surface area contributed by atoms with Gasteiger partial charge in [-0.25, -0.2) is 4.39 Å². The predicted molar refractivity (Wildman–Crippen MR) is 103 cm³/mol. The number of nitrogens with zero attached hydrogens (tertiary/aromatic N) is 2. The van der Waals surface area contributed by atoms with E-state index in [1.807, 2.05) is 24.3 Å². The molecule has 2 heterocycles. The van der Waals surface area contributed by atoms with E-state index in [1.165, 1.54) is 44.2 Å². The van der Waals surface area contributed by atoms with Gasteiger partial charge < -0.3 is 10.2 Å². The Morgan fingerprint density at radius 1 is 0.889 bits per heavy atom. The van der Waals surface area contributed by atoms with Crippen LogP contribution < -0.4 is 10.2 Å². The molecule has 2 aliphatic rings. The van der Waals surface area contributed by atoms with Crippen LogP contribution in [0.1, 0.15) is 18.4 Å². The molecule has 0 radical (unpaired) electrons. The molecule has 2 aliphatic heterocycles. The Labute approximate surface area is 157 Å². The van der Waals surface area contributed by atoms with E-state index in [0.717, 1.165) is 29.4 Å². The summed E-state index contributed by atoms with van der Waals surface area (Å²) in [5.41, 5.74) is 2.85. The fourth-order valence-electron chi connectivity index (χ4n) is 3.52. The molecule has 4 rings (SSSR count). The second-order valence-electron chi connectivity index (χ2n) is 6.79. The van der Waals surface area contributed by atoms with Crippen LogP contribution in [0.5, 0.6) is 0 Å². The zero-order valence-electron chi connectivity index (χ0n) is 15.0. The van der Waals surface area contributed by atoms with Crippen LogP contribution in [-0.2, 0) is 9.59 Å². The van der Waals surface area contributed by atoms with Gasteiger partial charge in [0, 0.05) is 31.5 Å². The second kappa shape index (κ2) is 6.87. The molecule has 1 fully saturated rings. The van der Waals surface area contributed by atoms with Gasteiger partial charge in [0.25, 0.3) is 11.8 Å². The minimum atomic E-state index is -0.400. The van der Waals surface area contributed by atoms with Gasteiger partial charge in [0.2, 0.25) is 0 Å². The summed E-state index contributed by atoms with van der Waals surface area (Å²) in [4.78, 5) is 28.5. The Bertz CT molecular complexity index is 913. The number of benzene rings is 2. The molecule has 138 valence electrons. The molecule has 2 aromatic rings. The third-order valence-electron chi connectivity index (χ3n) is 5.03. The summed E-state index contributed by atoms with van der Waals surface area (Å²) in [5, 5.41) is 3.09. The number of imide groups is 1. The topological polar surface area (TPSA) is 52.7 Å². The normalized spacial score (nSPS) is 17.3. The quantitative estimate of drug-likeness (QED) is 0.845. The summed E-state index contributed by atoms with van der Waals surface area (Å²) in [6, 6.07) is 13.4. The Morgan fingerprint density at radius 2 is 1.52 bits per heavy atom. The van der Waals surface area contributed by atoms with E-state index >= 15 is 0 Å². The van der Waals surface area contributed by atoms with Gasteiger partial charge in [-0.2, -0.15) is 0 Å². The molecule has 27 heavy (non-hydrogen) atoms. The highest BCUT2D eigenvalue weighted by Crippen LogP contribution is 2.30. The smallest absolute Gasteiger partial charge is 0.277 e. The zero-order valence-corrected chi connectivity index (χ0v) is 15.0. The van der Waals surface area contributed by atoms with Crippen molar-refractivity contribution in [2.45, 2.75) is 12.8 Å². The van der Waals surface area contributed by atoms with Crippen molar-refractivity contribution in [3.05, 3.63) is 65.6 Å². The van der Waals surface area contributed by atoms with Crippen LogP contribution in [0.15, 0.2) is 54.2 Å². The largest absolute Gasteiger partial charge is 0.372 e. The van der Waals surface area contributed by atoms with Crippen molar-refractivity contribution in [3.63, 3.8) is 0 Å². The predicted octanol–water partition coefficient (Wildman–Crippen LogP) is 3.25.